The summed E-state index contributed by atoms with van der Waals surface area (Å²) in [6, 6.07) is 7.93. The van der Waals surface area contributed by atoms with Gasteiger partial charge in [0.05, 0.1) is 20.3 Å². The first kappa shape index (κ1) is 19.3. The molecule has 2 aromatic rings. The maximum absolute atomic E-state index is 15.0. The number of benzene rings is 2. The summed E-state index contributed by atoms with van der Waals surface area (Å²) in [5.74, 6) is 0.539. The monoisotopic (exact) mass is 422 g/mol. The first-order valence-electron chi connectivity index (χ1n) is 7.33. The van der Waals surface area contributed by atoms with Gasteiger partial charge in [0, 0.05) is 10.0 Å². The van der Waals surface area contributed by atoms with Gasteiger partial charge in [-0.1, -0.05) is 22.0 Å². The van der Waals surface area contributed by atoms with Gasteiger partial charge >= 0.3 is 13.3 Å². The van der Waals surface area contributed by atoms with E-state index < -0.39 is 18.8 Å². The standard InChI is InChI=1S/C16H18BrF2O4P/c1-4-22-24(20,23-5-2)16(18,19)14-9-12-8-13(21-3)7-6-11(12)10-15(14)17/h6-10H,4-5H2,1-3H3. The van der Waals surface area contributed by atoms with E-state index in [0.29, 0.717) is 11.1 Å². The van der Waals surface area contributed by atoms with Gasteiger partial charge in [0.25, 0.3) is 0 Å². The van der Waals surface area contributed by atoms with Crippen LogP contribution in [0.5, 0.6) is 5.75 Å². The number of halogens is 3. The molecule has 0 N–H and O–H groups in total. The minimum absolute atomic E-state index is 0.129. The average Bonchev–Trinajstić information content (AvgIpc) is 2.54. The smallest absolute Gasteiger partial charge is 0.404 e. The lowest BCUT2D eigenvalue weighted by Crippen LogP contribution is -2.19. The van der Waals surface area contributed by atoms with Crippen molar-refractivity contribution in [1.29, 1.82) is 0 Å². The molecule has 0 spiro atoms. The van der Waals surface area contributed by atoms with Crippen LogP contribution in [0.25, 0.3) is 10.8 Å². The Morgan fingerprint density at radius 3 is 2.25 bits per heavy atom. The topological polar surface area (TPSA) is 44.8 Å². The van der Waals surface area contributed by atoms with Crippen molar-refractivity contribution < 1.29 is 27.1 Å². The molecule has 0 amide bonds. The van der Waals surface area contributed by atoms with Crippen molar-refractivity contribution in [2.75, 3.05) is 20.3 Å². The van der Waals surface area contributed by atoms with Gasteiger partial charge in [0.15, 0.2) is 0 Å². The van der Waals surface area contributed by atoms with Crippen LogP contribution in [0.3, 0.4) is 0 Å². The highest BCUT2D eigenvalue weighted by atomic mass is 79.9. The van der Waals surface area contributed by atoms with E-state index in [2.05, 4.69) is 15.9 Å². The van der Waals surface area contributed by atoms with Gasteiger partial charge in [-0.25, -0.2) is 0 Å². The molecular formula is C16H18BrF2O4P. The Morgan fingerprint density at radius 2 is 1.71 bits per heavy atom. The molecule has 4 nitrogen and oxygen atoms in total. The molecule has 0 aliphatic carbocycles. The summed E-state index contributed by atoms with van der Waals surface area (Å²) in [6.45, 7) is 2.68. The first-order chi connectivity index (χ1) is 11.3. The minimum Gasteiger partial charge on any atom is -0.497 e. The predicted octanol–water partition coefficient (Wildman–Crippen LogP) is 5.93. The third-order valence-corrected chi connectivity index (χ3v) is 6.18. The van der Waals surface area contributed by atoms with Crippen molar-refractivity contribution >= 4 is 34.3 Å². The second-order valence-electron chi connectivity index (χ2n) is 4.92. The van der Waals surface area contributed by atoms with Crippen molar-refractivity contribution in [2.45, 2.75) is 19.5 Å². The molecule has 0 atom stereocenters. The molecule has 0 unspecified atom stereocenters. The second kappa shape index (κ2) is 7.48. The lowest BCUT2D eigenvalue weighted by molar-refractivity contribution is 0.0356. The van der Waals surface area contributed by atoms with Gasteiger partial charge in [0.1, 0.15) is 5.75 Å². The van der Waals surface area contributed by atoms with E-state index in [1.54, 1.807) is 24.3 Å². The lowest BCUT2D eigenvalue weighted by Gasteiger charge is -2.27. The molecule has 132 valence electrons. The van der Waals surface area contributed by atoms with Crippen molar-refractivity contribution in [3.63, 3.8) is 0 Å². The molecule has 0 aliphatic rings. The van der Waals surface area contributed by atoms with Crippen molar-refractivity contribution in [2.24, 2.45) is 0 Å². The molecule has 24 heavy (non-hydrogen) atoms. The molecule has 0 aliphatic heterocycles. The Morgan fingerprint density at radius 1 is 1.08 bits per heavy atom. The SMILES string of the molecule is CCOP(=O)(OCC)C(F)(F)c1cc2cc(OC)ccc2cc1Br. The molecular weight excluding hydrogens is 405 g/mol. The number of fused-ring (bicyclic) bond motifs is 1. The Balaban J connectivity index is 2.63. The number of methoxy groups -OCH3 is 1. The Hall–Kier alpha value is -1.01. The van der Waals surface area contributed by atoms with E-state index in [0.717, 1.165) is 5.39 Å². The van der Waals surface area contributed by atoms with Crippen LogP contribution in [0.4, 0.5) is 8.78 Å². The Labute approximate surface area is 147 Å². The molecule has 0 saturated heterocycles. The van der Waals surface area contributed by atoms with Crippen LogP contribution in [0.2, 0.25) is 0 Å². The lowest BCUT2D eigenvalue weighted by atomic mass is 10.1. The molecule has 2 aromatic carbocycles. The summed E-state index contributed by atoms with van der Waals surface area (Å²) in [5, 5.41) is 1.27. The molecule has 2 rings (SSSR count). The van der Waals surface area contributed by atoms with Crippen molar-refractivity contribution in [3.05, 3.63) is 40.4 Å². The molecule has 0 bridgehead atoms. The fourth-order valence-corrected chi connectivity index (χ4v) is 4.61. The molecule has 0 fully saturated rings. The zero-order valence-electron chi connectivity index (χ0n) is 13.5. The number of alkyl halides is 2. The number of rotatable bonds is 7. The minimum atomic E-state index is -4.66. The van der Waals surface area contributed by atoms with E-state index >= 15 is 0 Å². The third kappa shape index (κ3) is 3.49. The zero-order valence-corrected chi connectivity index (χ0v) is 16.0. The van der Waals surface area contributed by atoms with E-state index in [4.69, 9.17) is 13.8 Å². The van der Waals surface area contributed by atoms with Crippen LogP contribution in [-0.4, -0.2) is 20.3 Å². The van der Waals surface area contributed by atoms with Crippen molar-refractivity contribution in [3.8, 4) is 5.75 Å². The van der Waals surface area contributed by atoms with Gasteiger partial charge in [0.2, 0.25) is 0 Å². The molecule has 0 radical (unpaired) electrons. The van der Waals surface area contributed by atoms with E-state index in [1.165, 1.54) is 27.0 Å². The van der Waals surface area contributed by atoms with Crippen LogP contribution in [0.1, 0.15) is 19.4 Å². The van der Waals surface area contributed by atoms with Crippen molar-refractivity contribution in [1.82, 2.24) is 0 Å². The second-order valence-corrected chi connectivity index (χ2v) is 7.85. The Kier molecular flexibility index (Phi) is 6.02. The van der Waals surface area contributed by atoms with E-state index in [9.17, 15) is 13.3 Å². The molecule has 0 saturated carbocycles. The van der Waals surface area contributed by atoms with Crippen LogP contribution < -0.4 is 4.74 Å². The van der Waals surface area contributed by atoms with Gasteiger partial charge in [-0.15, -0.1) is 0 Å². The highest BCUT2D eigenvalue weighted by molar-refractivity contribution is 9.10. The number of ether oxygens (including phenoxy) is 1. The fourth-order valence-electron chi connectivity index (χ4n) is 2.29. The summed E-state index contributed by atoms with van der Waals surface area (Å²) in [6.07, 6.45) is 0. The highest BCUT2D eigenvalue weighted by Gasteiger charge is 2.55. The van der Waals surface area contributed by atoms with Gasteiger partial charge in [-0.05, 0) is 48.9 Å². The average molecular weight is 423 g/mol. The highest BCUT2D eigenvalue weighted by Crippen LogP contribution is 2.67. The summed E-state index contributed by atoms with van der Waals surface area (Å²) in [4.78, 5) is 0. The fraction of sp³-hybridized carbons (Fsp3) is 0.375. The van der Waals surface area contributed by atoms with Crippen LogP contribution in [0, 0.1) is 0 Å². The van der Waals surface area contributed by atoms with Gasteiger partial charge in [-0.2, -0.15) is 8.78 Å². The van der Waals surface area contributed by atoms with E-state index in [-0.39, 0.29) is 17.7 Å². The predicted molar refractivity (Wildman–Crippen MR) is 93.0 cm³/mol. The largest absolute Gasteiger partial charge is 0.497 e. The molecule has 0 heterocycles. The maximum Gasteiger partial charge on any atom is 0.404 e. The van der Waals surface area contributed by atoms with Gasteiger partial charge in [-0.3, -0.25) is 4.57 Å². The van der Waals surface area contributed by atoms with Crippen LogP contribution in [-0.2, 0) is 19.3 Å². The third-order valence-electron chi connectivity index (χ3n) is 3.40. The number of hydrogen-bond acceptors (Lipinski definition) is 4. The van der Waals surface area contributed by atoms with Crippen LogP contribution >= 0.6 is 23.5 Å². The Bertz CT molecular complexity index is 772. The summed E-state index contributed by atoms with van der Waals surface area (Å²) >= 11 is 3.14. The molecule has 0 aromatic heterocycles. The normalized spacial score (nSPS) is 12.6. The quantitative estimate of drug-likeness (QED) is 0.519. The zero-order chi connectivity index (χ0) is 18.0. The summed E-state index contributed by atoms with van der Waals surface area (Å²) in [5.41, 5.74) is -4.25. The molecule has 8 heteroatoms. The summed E-state index contributed by atoms with van der Waals surface area (Å²) < 4.78 is 57.5. The van der Waals surface area contributed by atoms with E-state index in [1.807, 2.05) is 0 Å². The first-order valence-corrected chi connectivity index (χ1v) is 9.67. The number of hydrogen-bond donors (Lipinski definition) is 0. The van der Waals surface area contributed by atoms with Crippen LogP contribution in [0.15, 0.2) is 34.8 Å². The maximum atomic E-state index is 15.0. The van der Waals surface area contributed by atoms with Gasteiger partial charge < -0.3 is 13.8 Å². The summed E-state index contributed by atoms with van der Waals surface area (Å²) in [7, 11) is -3.17.